The fraction of sp³-hybridized carbons (Fsp3) is 0.417. The molecule has 2 aromatic heterocycles. The fourth-order valence-corrected chi connectivity index (χ4v) is 1.47. The van der Waals surface area contributed by atoms with E-state index in [-0.39, 0.29) is 0 Å². The maximum Gasteiger partial charge on any atom is 0.254 e. The normalized spacial score (nSPS) is 11.8. The minimum Gasteiger partial charge on any atom is -0.369 e. The van der Waals surface area contributed by atoms with E-state index in [0.717, 1.165) is 0 Å². The van der Waals surface area contributed by atoms with Crippen molar-refractivity contribution < 1.29 is 0 Å². The van der Waals surface area contributed by atoms with Crippen LogP contribution in [0.5, 0.6) is 0 Å². The van der Waals surface area contributed by atoms with E-state index in [9.17, 15) is 0 Å². The van der Waals surface area contributed by atoms with E-state index in [0.29, 0.717) is 22.9 Å². The van der Waals surface area contributed by atoms with Gasteiger partial charge in [0.2, 0.25) is 0 Å². The van der Waals surface area contributed by atoms with Crippen LogP contribution in [0.2, 0.25) is 0 Å². The van der Waals surface area contributed by atoms with E-state index in [1.807, 2.05) is 49.6 Å². The highest BCUT2D eigenvalue weighted by Crippen LogP contribution is 2.23. The van der Waals surface area contributed by atoms with Gasteiger partial charge in [0.1, 0.15) is 0 Å². The molecule has 0 fully saturated rings. The van der Waals surface area contributed by atoms with Crippen molar-refractivity contribution in [2.45, 2.75) is 0 Å². The smallest absolute Gasteiger partial charge is 0.254 e. The predicted molar refractivity (Wildman–Crippen MR) is 80.0 cm³/mol. The van der Waals surface area contributed by atoms with Crippen LogP contribution in [0.1, 0.15) is 0 Å². The molecule has 2 aromatic rings. The van der Waals surface area contributed by atoms with Gasteiger partial charge in [-0.25, -0.2) is 15.0 Å². The first-order valence-corrected chi connectivity index (χ1v) is 6.07. The molecule has 0 saturated heterocycles. The molecule has 0 aliphatic rings. The third-order valence-electron chi connectivity index (χ3n) is 2.34. The van der Waals surface area contributed by atoms with Gasteiger partial charge in [-0.2, -0.15) is 9.97 Å². The van der Waals surface area contributed by atoms with Crippen molar-refractivity contribution in [3.05, 3.63) is 6.33 Å². The van der Waals surface area contributed by atoms with E-state index >= 15 is 0 Å². The molecule has 0 aromatic carbocycles. The zero-order valence-corrected chi connectivity index (χ0v) is 12.3. The van der Waals surface area contributed by atoms with Gasteiger partial charge in [0.05, 0.1) is 19.0 Å². The molecule has 0 amide bonds. The molecule has 2 rings (SSSR count). The first-order valence-electron chi connectivity index (χ1n) is 6.07. The number of rotatable bonds is 4. The molecular formula is C12H18N8. The number of fused-ring (bicyclic) bond motifs is 1. The molecule has 0 unspecified atom stereocenters. The average Bonchev–Trinajstić information content (AvgIpc) is 2.75. The van der Waals surface area contributed by atoms with E-state index in [1.165, 1.54) is 0 Å². The van der Waals surface area contributed by atoms with Gasteiger partial charge >= 0.3 is 0 Å². The minimum atomic E-state index is 0.362. The zero-order valence-electron chi connectivity index (χ0n) is 12.3. The van der Waals surface area contributed by atoms with Crippen molar-refractivity contribution >= 4 is 35.6 Å². The number of aryl methyl sites for hydroxylation is 1. The molecule has 106 valence electrons. The molecule has 0 atom stereocenters. The molecule has 20 heavy (non-hydrogen) atoms. The molecule has 0 aliphatic heterocycles. The number of nitrogens with zero attached hydrogens (tertiary/aromatic N) is 8. The maximum atomic E-state index is 4.37. The summed E-state index contributed by atoms with van der Waals surface area (Å²) in [6, 6.07) is 0. The molecule has 0 N–H and O–H groups in total. The Balaban J connectivity index is 2.53. The van der Waals surface area contributed by atoms with Gasteiger partial charge in [-0.15, -0.1) is 0 Å². The van der Waals surface area contributed by atoms with Crippen molar-refractivity contribution in [3.63, 3.8) is 0 Å². The van der Waals surface area contributed by atoms with Gasteiger partial charge < -0.3 is 14.4 Å². The Morgan fingerprint density at radius 2 is 1.70 bits per heavy atom. The van der Waals surface area contributed by atoms with E-state index < -0.39 is 0 Å². The number of hydrogen-bond acceptors (Lipinski definition) is 5. The van der Waals surface area contributed by atoms with Crippen molar-refractivity contribution in [3.8, 4) is 0 Å². The van der Waals surface area contributed by atoms with Gasteiger partial charge in [-0.1, -0.05) is 0 Å². The van der Waals surface area contributed by atoms with Crippen LogP contribution >= 0.6 is 0 Å². The molecule has 8 nitrogen and oxygen atoms in total. The Bertz CT molecular complexity index is 653. The van der Waals surface area contributed by atoms with Gasteiger partial charge in [-0.05, 0) is 0 Å². The van der Waals surface area contributed by atoms with Gasteiger partial charge in [0.15, 0.2) is 17.0 Å². The number of aromatic nitrogens is 4. The summed E-state index contributed by atoms with van der Waals surface area (Å²) in [5.41, 5.74) is 1.37. The second kappa shape index (κ2) is 5.64. The largest absolute Gasteiger partial charge is 0.369 e. The molecular weight excluding hydrogens is 256 g/mol. The molecule has 0 spiro atoms. The van der Waals surface area contributed by atoms with E-state index in [4.69, 9.17) is 0 Å². The van der Waals surface area contributed by atoms with Gasteiger partial charge in [0.25, 0.3) is 5.95 Å². The predicted octanol–water partition coefficient (Wildman–Crippen LogP) is 0.806. The molecule has 0 radical (unpaired) electrons. The van der Waals surface area contributed by atoms with E-state index in [1.54, 1.807) is 19.0 Å². The molecule has 2 heterocycles. The van der Waals surface area contributed by atoms with Crippen LogP contribution in [-0.2, 0) is 7.05 Å². The van der Waals surface area contributed by atoms with Gasteiger partial charge in [-0.3, -0.25) is 0 Å². The Kier molecular flexibility index (Phi) is 3.92. The lowest BCUT2D eigenvalue weighted by atomic mass is 10.5. The lowest BCUT2D eigenvalue weighted by molar-refractivity contribution is 0.642. The number of hydrogen-bond donors (Lipinski definition) is 0. The van der Waals surface area contributed by atoms with Crippen LogP contribution < -0.4 is 0 Å². The third-order valence-corrected chi connectivity index (χ3v) is 2.34. The standard InChI is InChI=1S/C12H18N8/c1-18(2)6-14-10-9-11(20(5)8-13-9)17-12(16-10)15-7-19(3)4/h6-8H,1-5H3. The van der Waals surface area contributed by atoms with Crippen molar-refractivity contribution in [1.82, 2.24) is 29.3 Å². The fourth-order valence-electron chi connectivity index (χ4n) is 1.47. The zero-order chi connectivity index (χ0) is 14.7. The van der Waals surface area contributed by atoms with Crippen molar-refractivity contribution in [2.24, 2.45) is 17.0 Å². The van der Waals surface area contributed by atoms with Crippen LogP contribution in [0.15, 0.2) is 16.3 Å². The monoisotopic (exact) mass is 274 g/mol. The van der Waals surface area contributed by atoms with Crippen LogP contribution in [0, 0.1) is 0 Å². The highest BCUT2D eigenvalue weighted by atomic mass is 15.2. The maximum absolute atomic E-state index is 4.37. The Labute approximate surface area is 117 Å². The van der Waals surface area contributed by atoms with Crippen LogP contribution in [0.3, 0.4) is 0 Å². The summed E-state index contributed by atoms with van der Waals surface area (Å²) in [6.07, 6.45) is 5.01. The summed E-state index contributed by atoms with van der Waals surface area (Å²) in [5, 5.41) is 0. The Hall–Kier alpha value is -2.51. The van der Waals surface area contributed by atoms with Crippen LogP contribution in [0.4, 0.5) is 11.8 Å². The quantitative estimate of drug-likeness (QED) is 0.609. The molecule has 0 aliphatic carbocycles. The minimum absolute atomic E-state index is 0.362. The van der Waals surface area contributed by atoms with Crippen molar-refractivity contribution in [1.29, 1.82) is 0 Å². The number of aliphatic imine (C=N–C) groups is 2. The molecule has 8 heteroatoms. The molecule has 0 bridgehead atoms. The van der Waals surface area contributed by atoms with Crippen molar-refractivity contribution in [2.75, 3.05) is 28.2 Å². The lowest BCUT2D eigenvalue weighted by Gasteiger charge is -2.04. The Morgan fingerprint density at radius 3 is 2.35 bits per heavy atom. The summed E-state index contributed by atoms with van der Waals surface area (Å²) < 4.78 is 1.82. The first-order chi connectivity index (χ1) is 9.47. The number of imidazole rings is 1. The van der Waals surface area contributed by atoms with Crippen LogP contribution in [0.25, 0.3) is 11.2 Å². The third kappa shape index (κ3) is 3.08. The van der Waals surface area contributed by atoms with E-state index in [2.05, 4.69) is 24.9 Å². The summed E-state index contributed by atoms with van der Waals surface area (Å²) in [7, 11) is 9.44. The lowest BCUT2D eigenvalue weighted by Crippen LogP contribution is -2.08. The van der Waals surface area contributed by atoms with Crippen LogP contribution in [-0.4, -0.2) is 70.2 Å². The Morgan fingerprint density at radius 1 is 1.05 bits per heavy atom. The second-order valence-electron chi connectivity index (χ2n) is 4.79. The average molecular weight is 274 g/mol. The van der Waals surface area contributed by atoms with Gasteiger partial charge in [0, 0.05) is 35.2 Å². The highest BCUT2D eigenvalue weighted by Gasteiger charge is 2.10. The summed E-state index contributed by atoms with van der Waals surface area (Å²) >= 11 is 0. The summed E-state index contributed by atoms with van der Waals surface area (Å²) in [6.45, 7) is 0. The molecule has 0 saturated carbocycles. The highest BCUT2D eigenvalue weighted by molar-refractivity contribution is 5.84. The topological polar surface area (TPSA) is 74.8 Å². The summed E-state index contributed by atoms with van der Waals surface area (Å²) in [5.74, 6) is 0.871. The SMILES string of the molecule is CN(C)C=Nc1nc(N=CN(C)C)c2ncn(C)c2n1. The summed E-state index contributed by atoms with van der Waals surface area (Å²) in [4.78, 5) is 25.2. The second-order valence-corrected chi connectivity index (χ2v) is 4.79. The first kappa shape index (κ1) is 13.9.